The van der Waals surface area contributed by atoms with Crippen LogP contribution in [-0.2, 0) is 22.6 Å². The van der Waals surface area contributed by atoms with E-state index in [1.165, 1.54) is 5.56 Å². The maximum Gasteiger partial charge on any atom is 0.137 e. The number of halogens is 1. The Morgan fingerprint density at radius 3 is 2.71 bits per heavy atom. The van der Waals surface area contributed by atoms with Gasteiger partial charge >= 0.3 is 0 Å². The van der Waals surface area contributed by atoms with Crippen molar-refractivity contribution in [2.24, 2.45) is 0 Å². The van der Waals surface area contributed by atoms with E-state index in [2.05, 4.69) is 26.6 Å². The quantitative estimate of drug-likeness (QED) is 0.359. The van der Waals surface area contributed by atoms with E-state index in [0.717, 1.165) is 43.4 Å². The molecule has 0 bridgehead atoms. The molecule has 1 unspecified atom stereocenters. The van der Waals surface area contributed by atoms with Crippen molar-refractivity contribution < 1.29 is 18.9 Å². The van der Waals surface area contributed by atoms with Gasteiger partial charge in [-0.05, 0) is 49.2 Å². The van der Waals surface area contributed by atoms with E-state index in [0.29, 0.717) is 38.0 Å². The molecule has 1 aliphatic rings. The van der Waals surface area contributed by atoms with Crippen LogP contribution in [0.25, 0.3) is 0 Å². The lowest BCUT2D eigenvalue weighted by Crippen LogP contribution is -2.50. The Bertz CT molecular complexity index is 1080. The largest absolute Gasteiger partial charge is 0.494 e. The third-order valence-corrected chi connectivity index (χ3v) is 6.44. The number of ether oxygens (including phenoxy) is 4. The topological polar surface area (TPSA) is 58.0 Å². The number of nitrogens with zero attached hydrogens (tertiary/aromatic N) is 3. The number of aromatic nitrogens is 2. The molecule has 0 N–H and O–H groups in total. The molecule has 0 spiro atoms. The zero-order valence-corrected chi connectivity index (χ0v) is 21.2. The van der Waals surface area contributed by atoms with Crippen LogP contribution in [0.4, 0.5) is 0 Å². The molecule has 1 aromatic heterocycles. The summed E-state index contributed by atoms with van der Waals surface area (Å²) < 4.78 is 26.1. The van der Waals surface area contributed by atoms with Crippen molar-refractivity contribution in [3.8, 4) is 11.5 Å². The highest BCUT2D eigenvalue weighted by molar-refractivity contribution is 6.30. The second-order valence-corrected chi connectivity index (χ2v) is 9.35. The summed E-state index contributed by atoms with van der Waals surface area (Å²) in [7, 11) is 1.72. The van der Waals surface area contributed by atoms with Crippen LogP contribution in [-0.4, -0.2) is 66.7 Å². The average molecular weight is 500 g/mol. The lowest BCUT2D eigenvalue weighted by molar-refractivity contribution is -0.0925. The standard InChI is InChI=1S/C27H34ClN3O4/c1-22-29-10-12-31(22)11-5-14-34-25-8-3-6-23(16-25)18-30-13-15-33-20-27(19-30,32-2)21-35-26-9-4-7-24(28)17-26/h3-4,6-10,12,16-17H,5,11,13-15,18-21H2,1-2H3. The molecule has 0 saturated carbocycles. The van der Waals surface area contributed by atoms with E-state index in [9.17, 15) is 0 Å². The van der Waals surface area contributed by atoms with Gasteiger partial charge in [0.1, 0.15) is 29.5 Å². The number of hydrogen-bond donors (Lipinski definition) is 0. The van der Waals surface area contributed by atoms with Crippen molar-refractivity contribution in [2.75, 3.05) is 46.6 Å². The fourth-order valence-electron chi connectivity index (χ4n) is 4.22. The van der Waals surface area contributed by atoms with Crippen LogP contribution < -0.4 is 9.47 Å². The van der Waals surface area contributed by atoms with Gasteiger partial charge in [-0.15, -0.1) is 0 Å². The number of benzene rings is 2. The third-order valence-electron chi connectivity index (χ3n) is 6.20. The predicted octanol–water partition coefficient (Wildman–Crippen LogP) is 4.61. The van der Waals surface area contributed by atoms with Crippen molar-refractivity contribution in [1.82, 2.24) is 14.5 Å². The molecule has 35 heavy (non-hydrogen) atoms. The maximum atomic E-state index is 6.10. The van der Waals surface area contributed by atoms with E-state index in [4.69, 9.17) is 30.5 Å². The molecule has 1 aliphatic heterocycles. The Morgan fingerprint density at radius 2 is 1.94 bits per heavy atom. The van der Waals surface area contributed by atoms with Crippen molar-refractivity contribution in [2.45, 2.75) is 32.0 Å². The molecule has 1 atom stereocenters. The number of methoxy groups -OCH3 is 1. The molecule has 7 nitrogen and oxygen atoms in total. The smallest absolute Gasteiger partial charge is 0.137 e. The monoisotopic (exact) mass is 499 g/mol. The summed E-state index contributed by atoms with van der Waals surface area (Å²) in [5.41, 5.74) is 0.619. The van der Waals surface area contributed by atoms with Crippen LogP contribution in [0.15, 0.2) is 60.9 Å². The normalized spacial score (nSPS) is 18.8. The van der Waals surface area contributed by atoms with Gasteiger partial charge in [-0.25, -0.2) is 4.98 Å². The molecule has 188 valence electrons. The van der Waals surface area contributed by atoms with Crippen LogP contribution in [0.2, 0.25) is 5.02 Å². The lowest BCUT2D eigenvalue weighted by Gasteiger charge is -2.34. The fraction of sp³-hybridized carbons (Fsp3) is 0.444. The zero-order chi connectivity index (χ0) is 24.5. The Morgan fingerprint density at radius 1 is 1.11 bits per heavy atom. The Kier molecular flexibility index (Phi) is 9.04. The highest BCUT2D eigenvalue weighted by atomic mass is 35.5. The van der Waals surface area contributed by atoms with Crippen molar-refractivity contribution in [3.05, 3.63) is 77.3 Å². The summed E-state index contributed by atoms with van der Waals surface area (Å²) in [6.07, 6.45) is 4.75. The van der Waals surface area contributed by atoms with Gasteiger partial charge in [0.15, 0.2) is 0 Å². The zero-order valence-electron chi connectivity index (χ0n) is 20.5. The minimum atomic E-state index is -0.571. The molecule has 2 heterocycles. The predicted molar refractivity (Wildman–Crippen MR) is 136 cm³/mol. The van der Waals surface area contributed by atoms with Gasteiger partial charge in [-0.2, -0.15) is 0 Å². The van der Waals surface area contributed by atoms with Gasteiger partial charge in [0, 0.05) is 50.7 Å². The summed E-state index contributed by atoms with van der Waals surface area (Å²) in [6, 6.07) is 15.7. The number of aryl methyl sites for hydroxylation is 2. The first-order chi connectivity index (χ1) is 17.0. The molecule has 2 aromatic carbocycles. The summed E-state index contributed by atoms with van der Waals surface area (Å²) in [4.78, 5) is 6.61. The average Bonchev–Trinajstić information content (AvgIpc) is 3.16. The van der Waals surface area contributed by atoms with Gasteiger partial charge < -0.3 is 23.5 Å². The Hall–Kier alpha value is -2.58. The van der Waals surface area contributed by atoms with Gasteiger partial charge in [-0.1, -0.05) is 29.8 Å². The first-order valence-corrected chi connectivity index (χ1v) is 12.4. The molecule has 0 radical (unpaired) electrons. The number of rotatable bonds is 11. The molecule has 4 rings (SSSR count). The van der Waals surface area contributed by atoms with Crippen LogP contribution in [0.3, 0.4) is 0 Å². The first kappa shape index (κ1) is 25.5. The maximum absolute atomic E-state index is 6.10. The summed E-state index contributed by atoms with van der Waals surface area (Å²) >= 11 is 6.10. The van der Waals surface area contributed by atoms with E-state index >= 15 is 0 Å². The molecule has 0 amide bonds. The minimum absolute atomic E-state index is 0.375. The second kappa shape index (κ2) is 12.4. The number of hydrogen-bond acceptors (Lipinski definition) is 6. The van der Waals surface area contributed by atoms with E-state index in [-0.39, 0.29) is 0 Å². The van der Waals surface area contributed by atoms with Crippen LogP contribution in [0, 0.1) is 6.92 Å². The second-order valence-electron chi connectivity index (χ2n) is 8.91. The molecule has 0 aliphatic carbocycles. The Balaban J connectivity index is 1.32. The SMILES string of the molecule is COC1(COc2cccc(Cl)c2)COCCN(Cc2cccc(OCCCn3ccnc3C)c2)C1. The third kappa shape index (κ3) is 7.45. The van der Waals surface area contributed by atoms with Crippen LogP contribution in [0.5, 0.6) is 11.5 Å². The molecule has 3 aromatic rings. The first-order valence-electron chi connectivity index (χ1n) is 12.0. The van der Waals surface area contributed by atoms with Crippen LogP contribution in [0.1, 0.15) is 17.8 Å². The van der Waals surface area contributed by atoms with E-state index < -0.39 is 5.60 Å². The van der Waals surface area contributed by atoms with Crippen molar-refractivity contribution in [1.29, 1.82) is 0 Å². The van der Waals surface area contributed by atoms with Crippen LogP contribution >= 0.6 is 11.6 Å². The van der Waals surface area contributed by atoms with Crippen molar-refractivity contribution in [3.63, 3.8) is 0 Å². The van der Waals surface area contributed by atoms with Gasteiger partial charge in [0.25, 0.3) is 0 Å². The lowest BCUT2D eigenvalue weighted by atomic mass is 10.1. The molecule has 1 fully saturated rings. The van der Waals surface area contributed by atoms with Crippen molar-refractivity contribution >= 4 is 11.6 Å². The summed E-state index contributed by atoms with van der Waals surface area (Å²) in [6.45, 7) is 7.35. The van der Waals surface area contributed by atoms with Gasteiger partial charge in [0.05, 0.1) is 19.8 Å². The molecule has 8 heteroatoms. The van der Waals surface area contributed by atoms with Gasteiger partial charge in [0.2, 0.25) is 0 Å². The summed E-state index contributed by atoms with van der Waals surface area (Å²) in [5, 5.41) is 0.645. The minimum Gasteiger partial charge on any atom is -0.494 e. The molecule has 1 saturated heterocycles. The highest BCUT2D eigenvalue weighted by Crippen LogP contribution is 2.23. The molecular formula is C27H34ClN3O4. The Labute approximate surface area is 212 Å². The fourth-order valence-corrected chi connectivity index (χ4v) is 4.40. The van der Waals surface area contributed by atoms with E-state index in [1.54, 1.807) is 7.11 Å². The molecular weight excluding hydrogens is 466 g/mol. The highest BCUT2D eigenvalue weighted by Gasteiger charge is 2.36. The summed E-state index contributed by atoms with van der Waals surface area (Å²) in [5.74, 6) is 2.63. The van der Waals surface area contributed by atoms with E-state index in [1.807, 2.05) is 55.7 Å². The van der Waals surface area contributed by atoms with Gasteiger partial charge in [-0.3, -0.25) is 4.90 Å². The number of imidazole rings is 1.